The van der Waals surface area contributed by atoms with Crippen molar-refractivity contribution in [3.8, 4) is 0 Å². The molecule has 1 aliphatic carbocycles. The molecule has 2 fully saturated rings. The molecule has 130 valence electrons. The van der Waals surface area contributed by atoms with Gasteiger partial charge in [0.25, 0.3) is 0 Å². The molecule has 3 rings (SSSR count). The topological polar surface area (TPSA) is 40.6 Å². The molecule has 0 atom stereocenters. The number of amides is 2. The van der Waals surface area contributed by atoms with Gasteiger partial charge in [-0.15, -0.1) is 0 Å². The summed E-state index contributed by atoms with van der Waals surface area (Å²) in [5, 5.41) is 0. The van der Waals surface area contributed by atoms with Crippen molar-refractivity contribution in [1.29, 1.82) is 0 Å². The van der Waals surface area contributed by atoms with Crippen LogP contribution in [0.3, 0.4) is 0 Å². The summed E-state index contributed by atoms with van der Waals surface area (Å²) in [6.45, 7) is 5.50. The van der Waals surface area contributed by atoms with E-state index in [1.54, 1.807) is 0 Å². The Hall–Kier alpha value is -1.68. The largest absolute Gasteiger partial charge is 0.284 e. The molecule has 1 aliphatic heterocycles. The van der Waals surface area contributed by atoms with Crippen LogP contribution in [-0.4, -0.2) is 35.3 Å². The molecular weight excluding hydrogens is 300 g/mol. The van der Waals surface area contributed by atoms with E-state index in [9.17, 15) is 9.59 Å². The van der Waals surface area contributed by atoms with E-state index < -0.39 is 0 Å². The highest BCUT2D eigenvalue weighted by molar-refractivity contribution is 6.06. The first-order valence-corrected chi connectivity index (χ1v) is 9.03. The Bertz CT molecular complexity index is 615. The van der Waals surface area contributed by atoms with Gasteiger partial charge >= 0.3 is 0 Å². The van der Waals surface area contributed by atoms with Crippen molar-refractivity contribution in [3.63, 3.8) is 0 Å². The van der Waals surface area contributed by atoms with Gasteiger partial charge in [-0.05, 0) is 36.9 Å². The molecule has 2 aliphatic rings. The summed E-state index contributed by atoms with van der Waals surface area (Å²) in [6.07, 6.45) is 4.33. The van der Waals surface area contributed by atoms with Gasteiger partial charge in [0.15, 0.2) is 0 Å². The summed E-state index contributed by atoms with van der Waals surface area (Å²) in [5.74, 6) is 0.593. The Labute approximate surface area is 144 Å². The molecule has 0 radical (unpaired) electrons. The van der Waals surface area contributed by atoms with E-state index in [1.807, 2.05) is 11.9 Å². The number of carbonyl (C=O) groups is 2. The van der Waals surface area contributed by atoms with Gasteiger partial charge in [-0.25, -0.2) is 0 Å². The molecule has 1 heterocycles. The van der Waals surface area contributed by atoms with E-state index in [4.69, 9.17) is 0 Å². The third-order valence-corrected chi connectivity index (χ3v) is 5.53. The Morgan fingerprint density at radius 1 is 1.12 bits per heavy atom. The predicted molar refractivity (Wildman–Crippen MR) is 94.2 cm³/mol. The minimum atomic E-state index is -0.364. The quantitative estimate of drug-likeness (QED) is 0.777. The Morgan fingerprint density at radius 3 is 2.33 bits per heavy atom. The van der Waals surface area contributed by atoms with E-state index in [0.717, 1.165) is 32.2 Å². The number of hydrogen-bond acceptors (Lipinski definition) is 3. The summed E-state index contributed by atoms with van der Waals surface area (Å²) < 4.78 is 0. The van der Waals surface area contributed by atoms with Crippen molar-refractivity contribution >= 4 is 11.8 Å². The Kier molecular flexibility index (Phi) is 4.77. The predicted octanol–water partition coefficient (Wildman–Crippen LogP) is 3.52. The van der Waals surface area contributed by atoms with Crippen molar-refractivity contribution in [2.24, 2.45) is 5.41 Å². The molecule has 1 saturated carbocycles. The Morgan fingerprint density at radius 2 is 1.75 bits per heavy atom. The average Bonchev–Trinajstić information content (AvgIpc) is 3.09. The molecule has 4 heteroatoms. The second kappa shape index (κ2) is 6.67. The van der Waals surface area contributed by atoms with Crippen LogP contribution in [0.2, 0.25) is 0 Å². The lowest BCUT2D eigenvalue weighted by atomic mass is 9.85. The van der Waals surface area contributed by atoms with E-state index in [-0.39, 0.29) is 17.2 Å². The lowest BCUT2D eigenvalue weighted by Gasteiger charge is -2.25. The molecule has 1 aromatic rings. The fourth-order valence-electron chi connectivity index (χ4n) is 4.06. The smallest absolute Gasteiger partial charge is 0.237 e. The third-order valence-electron chi connectivity index (χ3n) is 5.53. The van der Waals surface area contributed by atoms with Gasteiger partial charge in [0.1, 0.15) is 0 Å². The molecule has 1 saturated heterocycles. The summed E-state index contributed by atoms with van der Waals surface area (Å²) >= 11 is 0. The van der Waals surface area contributed by atoms with Gasteiger partial charge in [-0.3, -0.25) is 19.4 Å². The van der Waals surface area contributed by atoms with Crippen molar-refractivity contribution in [2.45, 2.75) is 58.4 Å². The van der Waals surface area contributed by atoms with Crippen molar-refractivity contribution in [1.82, 2.24) is 9.80 Å². The second-order valence-electron chi connectivity index (χ2n) is 7.84. The fourth-order valence-corrected chi connectivity index (χ4v) is 4.06. The number of carbonyl (C=O) groups excluding carboxylic acids is 2. The molecule has 0 bridgehead atoms. The summed E-state index contributed by atoms with van der Waals surface area (Å²) in [6, 6.07) is 8.59. The number of nitrogens with zero attached hydrogens (tertiary/aromatic N) is 2. The van der Waals surface area contributed by atoms with Gasteiger partial charge in [0, 0.05) is 13.0 Å². The van der Waals surface area contributed by atoms with Gasteiger partial charge in [-0.1, -0.05) is 51.0 Å². The van der Waals surface area contributed by atoms with E-state index in [0.29, 0.717) is 19.0 Å². The standard InChI is InChI=1S/C20H28N2O2/c1-15(2)17-8-6-16(7-9-17)13-21(3)14-22-18(23)12-20(19(22)24)10-4-5-11-20/h6-9,15H,4-5,10-14H2,1-3H3. The van der Waals surface area contributed by atoms with Crippen LogP contribution in [0.25, 0.3) is 0 Å². The Balaban J connectivity index is 1.61. The van der Waals surface area contributed by atoms with Crippen LogP contribution in [0, 0.1) is 5.41 Å². The van der Waals surface area contributed by atoms with Crippen molar-refractivity contribution in [3.05, 3.63) is 35.4 Å². The van der Waals surface area contributed by atoms with Crippen LogP contribution in [0.5, 0.6) is 0 Å². The van der Waals surface area contributed by atoms with Gasteiger partial charge < -0.3 is 0 Å². The minimum absolute atomic E-state index is 0.00362. The molecule has 24 heavy (non-hydrogen) atoms. The van der Waals surface area contributed by atoms with Crippen LogP contribution in [0.15, 0.2) is 24.3 Å². The van der Waals surface area contributed by atoms with E-state index in [1.165, 1.54) is 16.0 Å². The van der Waals surface area contributed by atoms with E-state index in [2.05, 4.69) is 38.1 Å². The van der Waals surface area contributed by atoms with Gasteiger partial charge in [-0.2, -0.15) is 0 Å². The maximum absolute atomic E-state index is 12.7. The van der Waals surface area contributed by atoms with E-state index >= 15 is 0 Å². The average molecular weight is 328 g/mol. The SMILES string of the molecule is CC(C)c1ccc(CN(C)CN2C(=O)CC3(CCCC3)C2=O)cc1. The normalized spacial score (nSPS) is 20.1. The highest BCUT2D eigenvalue weighted by Crippen LogP contribution is 2.46. The molecule has 2 amide bonds. The van der Waals surface area contributed by atoms with Crippen LogP contribution in [0.1, 0.15) is 63.0 Å². The lowest BCUT2D eigenvalue weighted by molar-refractivity contribution is -0.143. The zero-order valence-corrected chi connectivity index (χ0v) is 15.0. The number of likely N-dealkylation sites (tertiary alicyclic amines) is 1. The zero-order chi connectivity index (χ0) is 17.3. The number of rotatable bonds is 5. The molecule has 4 nitrogen and oxygen atoms in total. The fraction of sp³-hybridized carbons (Fsp3) is 0.600. The first-order chi connectivity index (χ1) is 11.4. The monoisotopic (exact) mass is 328 g/mol. The molecule has 0 aromatic heterocycles. The number of benzene rings is 1. The first-order valence-electron chi connectivity index (χ1n) is 9.03. The number of imide groups is 1. The molecule has 0 unspecified atom stereocenters. The summed E-state index contributed by atoms with van der Waals surface area (Å²) in [4.78, 5) is 28.6. The van der Waals surface area contributed by atoms with Crippen molar-refractivity contribution < 1.29 is 9.59 Å². The summed E-state index contributed by atoms with van der Waals surface area (Å²) in [7, 11) is 1.97. The van der Waals surface area contributed by atoms with Gasteiger partial charge in [0.2, 0.25) is 11.8 Å². The van der Waals surface area contributed by atoms with Crippen LogP contribution in [-0.2, 0) is 16.1 Å². The summed E-state index contributed by atoms with van der Waals surface area (Å²) in [5.41, 5.74) is 2.17. The first kappa shape index (κ1) is 17.2. The maximum Gasteiger partial charge on any atom is 0.237 e. The van der Waals surface area contributed by atoms with Crippen LogP contribution in [0.4, 0.5) is 0 Å². The number of hydrogen-bond donors (Lipinski definition) is 0. The van der Waals surface area contributed by atoms with Crippen LogP contribution >= 0.6 is 0 Å². The highest BCUT2D eigenvalue weighted by Gasteiger charge is 2.52. The second-order valence-corrected chi connectivity index (χ2v) is 7.84. The lowest BCUT2D eigenvalue weighted by Crippen LogP contribution is -2.41. The maximum atomic E-state index is 12.7. The van der Waals surface area contributed by atoms with Crippen LogP contribution < -0.4 is 0 Å². The van der Waals surface area contributed by atoms with Gasteiger partial charge in [0.05, 0.1) is 12.1 Å². The van der Waals surface area contributed by atoms with Crippen molar-refractivity contribution in [2.75, 3.05) is 13.7 Å². The third kappa shape index (κ3) is 3.25. The highest BCUT2D eigenvalue weighted by atomic mass is 16.2. The zero-order valence-electron chi connectivity index (χ0n) is 15.0. The minimum Gasteiger partial charge on any atom is -0.284 e. The molecule has 1 aromatic carbocycles. The molecule has 1 spiro atoms. The molecule has 0 N–H and O–H groups in total. The molecular formula is C20H28N2O2.